The van der Waals surface area contributed by atoms with Gasteiger partial charge in [-0.05, 0) is 24.6 Å². The number of nitrogens with zero attached hydrogens (tertiary/aromatic N) is 1. The van der Waals surface area contributed by atoms with Gasteiger partial charge >= 0.3 is 5.97 Å². The average molecular weight is 430 g/mol. The van der Waals surface area contributed by atoms with Crippen molar-refractivity contribution in [3.05, 3.63) is 69.5 Å². The van der Waals surface area contributed by atoms with Crippen LogP contribution in [0, 0.1) is 18.6 Å². The van der Waals surface area contributed by atoms with E-state index in [-0.39, 0.29) is 32.3 Å². The molecule has 1 amide bonds. The molecular weight excluding hydrogens is 418 g/mol. The van der Waals surface area contributed by atoms with Gasteiger partial charge in [0.2, 0.25) is 0 Å². The molecule has 0 fully saturated rings. The standard InChI is InChI=1S/C20H12F2N2O3S2/c1-9-6-7-10(16(22)15(9)21)17-14(20(26)27)12(8-28-17)23-18(25)19-24-11-4-2-3-5-13(11)29-19/h2-8H,1H3,(H,23,25)(H,26,27). The van der Waals surface area contributed by atoms with Crippen molar-refractivity contribution in [2.24, 2.45) is 0 Å². The monoisotopic (exact) mass is 430 g/mol. The number of carbonyl (C=O) groups is 2. The van der Waals surface area contributed by atoms with Gasteiger partial charge in [0, 0.05) is 10.9 Å². The molecule has 0 bridgehead atoms. The summed E-state index contributed by atoms with van der Waals surface area (Å²) >= 11 is 2.08. The number of carboxylic acid groups (broad SMARTS) is 1. The first-order chi connectivity index (χ1) is 13.9. The van der Waals surface area contributed by atoms with Gasteiger partial charge in [-0.1, -0.05) is 24.3 Å². The van der Waals surface area contributed by atoms with E-state index in [0.29, 0.717) is 5.52 Å². The highest BCUT2D eigenvalue weighted by Gasteiger charge is 2.25. The van der Waals surface area contributed by atoms with Gasteiger partial charge in [-0.2, -0.15) is 0 Å². The second-order valence-electron chi connectivity index (χ2n) is 6.16. The van der Waals surface area contributed by atoms with Crippen molar-refractivity contribution in [2.45, 2.75) is 6.92 Å². The van der Waals surface area contributed by atoms with E-state index in [0.717, 1.165) is 16.0 Å². The molecule has 2 aromatic carbocycles. The molecule has 0 aliphatic carbocycles. The van der Waals surface area contributed by atoms with Gasteiger partial charge in [-0.15, -0.1) is 22.7 Å². The number of thiophene rings is 1. The number of halogens is 2. The zero-order valence-electron chi connectivity index (χ0n) is 14.8. The van der Waals surface area contributed by atoms with Crippen LogP contribution in [0.4, 0.5) is 14.5 Å². The summed E-state index contributed by atoms with van der Waals surface area (Å²) in [6.07, 6.45) is 0. The van der Waals surface area contributed by atoms with Crippen LogP contribution in [0.1, 0.15) is 25.7 Å². The van der Waals surface area contributed by atoms with Crippen molar-refractivity contribution in [1.29, 1.82) is 0 Å². The highest BCUT2D eigenvalue weighted by Crippen LogP contribution is 2.38. The van der Waals surface area contributed by atoms with Gasteiger partial charge < -0.3 is 10.4 Å². The number of fused-ring (bicyclic) bond motifs is 1. The number of aromatic nitrogens is 1. The van der Waals surface area contributed by atoms with E-state index >= 15 is 0 Å². The number of rotatable bonds is 4. The van der Waals surface area contributed by atoms with Crippen LogP contribution in [0.5, 0.6) is 0 Å². The number of hydrogen-bond acceptors (Lipinski definition) is 5. The smallest absolute Gasteiger partial charge is 0.339 e. The molecule has 146 valence electrons. The quantitative estimate of drug-likeness (QED) is 0.444. The summed E-state index contributed by atoms with van der Waals surface area (Å²) in [4.78, 5) is 28.7. The molecule has 4 aromatic rings. The van der Waals surface area contributed by atoms with Crippen LogP contribution in [0.15, 0.2) is 41.8 Å². The van der Waals surface area contributed by atoms with E-state index in [4.69, 9.17) is 0 Å². The third-order valence-corrected chi connectivity index (χ3v) is 6.31. The summed E-state index contributed by atoms with van der Waals surface area (Å²) in [5.74, 6) is -4.10. The maximum Gasteiger partial charge on any atom is 0.339 e. The summed E-state index contributed by atoms with van der Waals surface area (Å²) in [5, 5.41) is 13.7. The Hall–Kier alpha value is -3.17. The number of aromatic carboxylic acids is 1. The summed E-state index contributed by atoms with van der Waals surface area (Å²) in [5.41, 5.74) is 0.304. The average Bonchev–Trinajstić information content (AvgIpc) is 3.30. The second kappa shape index (κ2) is 7.34. The minimum atomic E-state index is -1.36. The van der Waals surface area contributed by atoms with E-state index in [2.05, 4.69) is 10.3 Å². The molecule has 9 heteroatoms. The highest BCUT2D eigenvalue weighted by molar-refractivity contribution is 7.20. The van der Waals surface area contributed by atoms with Crippen LogP contribution in [-0.4, -0.2) is 22.0 Å². The molecule has 0 unspecified atom stereocenters. The fraction of sp³-hybridized carbons (Fsp3) is 0.0500. The molecule has 0 radical (unpaired) electrons. The Morgan fingerprint density at radius 2 is 1.86 bits per heavy atom. The molecule has 29 heavy (non-hydrogen) atoms. The summed E-state index contributed by atoms with van der Waals surface area (Å²) < 4.78 is 29.2. The summed E-state index contributed by atoms with van der Waals surface area (Å²) in [7, 11) is 0. The lowest BCUT2D eigenvalue weighted by atomic mass is 10.1. The zero-order chi connectivity index (χ0) is 20.7. The van der Waals surface area contributed by atoms with Crippen LogP contribution in [0.3, 0.4) is 0 Å². The van der Waals surface area contributed by atoms with Gasteiger partial charge in [-0.3, -0.25) is 4.79 Å². The van der Waals surface area contributed by atoms with Crippen LogP contribution in [-0.2, 0) is 0 Å². The Bertz CT molecular complexity index is 1250. The van der Waals surface area contributed by atoms with Crippen molar-refractivity contribution >= 4 is 50.5 Å². The Labute approximate surface area is 171 Å². The third-order valence-electron chi connectivity index (χ3n) is 4.26. The first-order valence-corrected chi connectivity index (χ1v) is 10.0. The number of aryl methyl sites for hydroxylation is 1. The van der Waals surface area contributed by atoms with Crippen LogP contribution in [0.2, 0.25) is 0 Å². The number of amides is 1. The summed E-state index contributed by atoms with van der Waals surface area (Å²) in [6, 6.07) is 9.91. The van der Waals surface area contributed by atoms with Crippen molar-refractivity contribution in [3.63, 3.8) is 0 Å². The SMILES string of the molecule is Cc1ccc(-c2scc(NC(=O)c3nc4ccccc4s3)c2C(=O)O)c(F)c1F. The maximum atomic E-state index is 14.4. The molecule has 2 heterocycles. The molecule has 4 rings (SSSR count). The number of hydrogen-bond donors (Lipinski definition) is 2. The highest BCUT2D eigenvalue weighted by atomic mass is 32.1. The predicted molar refractivity (Wildman–Crippen MR) is 109 cm³/mol. The first-order valence-electron chi connectivity index (χ1n) is 8.33. The first kappa shape index (κ1) is 19.2. The molecule has 0 saturated carbocycles. The zero-order valence-corrected chi connectivity index (χ0v) is 16.5. The van der Waals surface area contributed by atoms with E-state index in [1.165, 1.54) is 35.8 Å². The number of para-hydroxylation sites is 1. The molecule has 2 aromatic heterocycles. The lowest BCUT2D eigenvalue weighted by Gasteiger charge is -2.07. The van der Waals surface area contributed by atoms with Crippen LogP contribution in [0.25, 0.3) is 20.7 Å². The van der Waals surface area contributed by atoms with E-state index < -0.39 is 23.5 Å². The normalized spacial score (nSPS) is 11.0. The van der Waals surface area contributed by atoms with Crippen LogP contribution < -0.4 is 5.32 Å². The maximum absolute atomic E-state index is 14.4. The van der Waals surface area contributed by atoms with Crippen molar-refractivity contribution in [1.82, 2.24) is 4.98 Å². The van der Waals surface area contributed by atoms with E-state index in [1.807, 2.05) is 12.1 Å². The molecule has 5 nitrogen and oxygen atoms in total. The molecule has 2 N–H and O–H groups in total. The minimum absolute atomic E-state index is 0.00198. The molecule has 0 aliphatic rings. The number of nitrogens with one attached hydrogen (secondary N) is 1. The number of thiazole rings is 1. The fourth-order valence-electron chi connectivity index (χ4n) is 2.83. The van der Waals surface area contributed by atoms with Gasteiger partial charge in [0.25, 0.3) is 5.91 Å². The van der Waals surface area contributed by atoms with Gasteiger partial charge in [0.1, 0.15) is 5.56 Å². The Kier molecular flexibility index (Phi) is 4.85. The molecule has 0 spiro atoms. The third kappa shape index (κ3) is 3.39. The number of carbonyl (C=O) groups excluding carboxylic acids is 1. The Morgan fingerprint density at radius 1 is 1.10 bits per heavy atom. The van der Waals surface area contributed by atoms with Gasteiger partial charge in [0.05, 0.1) is 20.8 Å². The van der Waals surface area contributed by atoms with Gasteiger partial charge in [0.15, 0.2) is 16.6 Å². The van der Waals surface area contributed by atoms with E-state index in [1.54, 1.807) is 12.1 Å². The lowest BCUT2D eigenvalue weighted by molar-refractivity contribution is 0.0699. The topological polar surface area (TPSA) is 79.3 Å². The molecule has 0 aliphatic heterocycles. The largest absolute Gasteiger partial charge is 0.478 e. The molecule has 0 saturated heterocycles. The lowest BCUT2D eigenvalue weighted by Crippen LogP contribution is -2.13. The Morgan fingerprint density at radius 3 is 2.59 bits per heavy atom. The van der Waals surface area contributed by atoms with Crippen molar-refractivity contribution in [3.8, 4) is 10.4 Å². The number of anilines is 1. The van der Waals surface area contributed by atoms with Crippen molar-refractivity contribution < 1.29 is 23.5 Å². The molecular formula is C20H12F2N2O3S2. The predicted octanol–water partition coefficient (Wildman–Crippen LogP) is 5.56. The van der Waals surface area contributed by atoms with Crippen molar-refractivity contribution in [2.75, 3.05) is 5.32 Å². The van der Waals surface area contributed by atoms with Crippen LogP contribution >= 0.6 is 22.7 Å². The Balaban J connectivity index is 1.73. The second-order valence-corrected chi connectivity index (χ2v) is 8.07. The van der Waals surface area contributed by atoms with E-state index in [9.17, 15) is 23.5 Å². The molecule has 0 atom stereocenters. The minimum Gasteiger partial charge on any atom is -0.478 e. The van der Waals surface area contributed by atoms with Gasteiger partial charge in [-0.25, -0.2) is 18.6 Å². The number of carboxylic acids is 1. The number of benzene rings is 2. The fourth-order valence-corrected chi connectivity index (χ4v) is 4.70. The summed E-state index contributed by atoms with van der Waals surface area (Å²) in [6.45, 7) is 1.42.